The first-order valence-electron chi connectivity index (χ1n) is 5.88. The minimum absolute atomic E-state index is 0.0878. The van der Waals surface area contributed by atoms with Crippen molar-refractivity contribution in [3.8, 4) is 0 Å². The van der Waals surface area contributed by atoms with Gasteiger partial charge in [0.1, 0.15) is 0 Å². The molecule has 16 heavy (non-hydrogen) atoms. The first kappa shape index (κ1) is 12.7. The Bertz CT molecular complexity index is 346. The summed E-state index contributed by atoms with van der Waals surface area (Å²) in [6.45, 7) is 6.14. The number of hydrogen-bond acceptors (Lipinski definition) is 2. The highest BCUT2D eigenvalue weighted by molar-refractivity contribution is 5.91. The summed E-state index contributed by atoms with van der Waals surface area (Å²) in [4.78, 5) is 15.9. The molecule has 3 heteroatoms. The van der Waals surface area contributed by atoms with E-state index in [9.17, 15) is 4.79 Å². The number of pyridine rings is 1. The molecule has 0 saturated heterocycles. The Morgan fingerprint density at radius 3 is 2.69 bits per heavy atom. The molecule has 0 atom stereocenters. The van der Waals surface area contributed by atoms with Gasteiger partial charge in [0.05, 0.1) is 11.4 Å². The maximum atomic E-state index is 11.8. The Morgan fingerprint density at radius 2 is 2.12 bits per heavy atom. The monoisotopic (exact) mass is 220 g/mol. The normalized spacial score (nSPS) is 10.5. The average molecular weight is 220 g/mol. The van der Waals surface area contributed by atoms with E-state index in [1.54, 1.807) is 6.20 Å². The zero-order valence-corrected chi connectivity index (χ0v) is 10.3. The molecule has 1 rings (SSSR count). The molecule has 1 amide bonds. The van der Waals surface area contributed by atoms with Crippen LogP contribution < -0.4 is 5.32 Å². The third-order valence-electron chi connectivity index (χ3n) is 2.91. The van der Waals surface area contributed by atoms with Gasteiger partial charge in [-0.1, -0.05) is 26.7 Å². The average Bonchev–Trinajstić information content (AvgIpc) is 2.29. The van der Waals surface area contributed by atoms with E-state index in [0.717, 1.165) is 24.2 Å². The molecule has 0 aliphatic carbocycles. The standard InChI is InChI=1S/C13H20N2O/c1-4-11(5-2)9-13(16)15-12-7-6-8-14-10(12)3/h6-8,11H,4-5,9H2,1-3H3,(H,15,16). The molecule has 0 spiro atoms. The minimum atomic E-state index is 0.0878. The van der Waals surface area contributed by atoms with Crippen LogP contribution in [-0.4, -0.2) is 10.9 Å². The lowest BCUT2D eigenvalue weighted by molar-refractivity contribution is -0.117. The number of anilines is 1. The third-order valence-corrected chi connectivity index (χ3v) is 2.91. The maximum absolute atomic E-state index is 11.8. The molecule has 3 nitrogen and oxygen atoms in total. The fraction of sp³-hybridized carbons (Fsp3) is 0.538. The summed E-state index contributed by atoms with van der Waals surface area (Å²) < 4.78 is 0. The van der Waals surface area contributed by atoms with Gasteiger partial charge < -0.3 is 5.32 Å². The van der Waals surface area contributed by atoms with Crippen molar-refractivity contribution in [1.29, 1.82) is 0 Å². The van der Waals surface area contributed by atoms with Crippen molar-refractivity contribution in [2.24, 2.45) is 5.92 Å². The molecule has 1 aromatic heterocycles. The predicted molar refractivity (Wildman–Crippen MR) is 66.3 cm³/mol. The molecule has 0 fully saturated rings. The molecule has 0 radical (unpaired) electrons. The van der Waals surface area contributed by atoms with E-state index >= 15 is 0 Å². The van der Waals surface area contributed by atoms with Crippen LogP contribution in [0.25, 0.3) is 0 Å². The molecule has 1 aromatic rings. The first-order chi connectivity index (χ1) is 7.67. The number of carbonyl (C=O) groups excluding carboxylic acids is 1. The lowest BCUT2D eigenvalue weighted by atomic mass is 9.99. The molecule has 1 heterocycles. The van der Waals surface area contributed by atoms with Crippen molar-refractivity contribution in [3.63, 3.8) is 0 Å². The second kappa shape index (κ2) is 6.26. The van der Waals surface area contributed by atoms with E-state index in [1.807, 2.05) is 19.1 Å². The molecular weight excluding hydrogens is 200 g/mol. The van der Waals surface area contributed by atoms with Crippen LogP contribution in [0.4, 0.5) is 5.69 Å². The van der Waals surface area contributed by atoms with Crippen LogP contribution in [0.15, 0.2) is 18.3 Å². The Hall–Kier alpha value is -1.38. The smallest absolute Gasteiger partial charge is 0.224 e. The van der Waals surface area contributed by atoms with E-state index < -0.39 is 0 Å². The Kier molecular flexibility index (Phi) is 4.96. The van der Waals surface area contributed by atoms with Crippen LogP contribution in [0.2, 0.25) is 0 Å². The van der Waals surface area contributed by atoms with Gasteiger partial charge in [0.25, 0.3) is 0 Å². The van der Waals surface area contributed by atoms with E-state index in [-0.39, 0.29) is 5.91 Å². The highest BCUT2D eigenvalue weighted by atomic mass is 16.1. The number of nitrogens with one attached hydrogen (secondary N) is 1. The highest BCUT2D eigenvalue weighted by Gasteiger charge is 2.11. The topological polar surface area (TPSA) is 42.0 Å². The van der Waals surface area contributed by atoms with Crippen LogP contribution in [0.5, 0.6) is 0 Å². The second-order valence-corrected chi connectivity index (χ2v) is 4.07. The molecule has 0 unspecified atom stereocenters. The van der Waals surface area contributed by atoms with Gasteiger partial charge in [-0.15, -0.1) is 0 Å². The third kappa shape index (κ3) is 3.65. The van der Waals surface area contributed by atoms with Crippen LogP contribution in [-0.2, 0) is 4.79 Å². The summed E-state index contributed by atoms with van der Waals surface area (Å²) >= 11 is 0. The first-order valence-corrected chi connectivity index (χ1v) is 5.88. The summed E-state index contributed by atoms with van der Waals surface area (Å²) in [5.74, 6) is 0.571. The molecular formula is C13H20N2O. The maximum Gasteiger partial charge on any atom is 0.224 e. The van der Waals surface area contributed by atoms with Gasteiger partial charge in [0, 0.05) is 12.6 Å². The molecule has 1 N–H and O–H groups in total. The van der Waals surface area contributed by atoms with Gasteiger partial charge >= 0.3 is 0 Å². The van der Waals surface area contributed by atoms with Crippen LogP contribution in [0, 0.1) is 12.8 Å². The number of aryl methyl sites for hydroxylation is 1. The predicted octanol–water partition coefficient (Wildman–Crippen LogP) is 3.15. The number of carbonyl (C=O) groups is 1. The zero-order valence-electron chi connectivity index (χ0n) is 10.3. The summed E-state index contributed by atoms with van der Waals surface area (Å²) in [5, 5.41) is 2.91. The largest absolute Gasteiger partial charge is 0.324 e. The van der Waals surface area contributed by atoms with Crippen molar-refractivity contribution >= 4 is 11.6 Å². The van der Waals surface area contributed by atoms with Crippen LogP contribution in [0.1, 0.15) is 38.8 Å². The minimum Gasteiger partial charge on any atom is -0.324 e. The Labute approximate surface area is 97.3 Å². The highest BCUT2D eigenvalue weighted by Crippen LogP contribution is 2.15. The van der Waals surface area contributed by atoms with E-state index in [1.165, 1.54) is 0 Å². The summed E-state index contributed by atoms with van der Waals surface area (Å²) in [5.41, 5.74) is 1.68. The number of aromatic nitrogens is 1. The fourth-order valence-corrected chi connectivity index (χ4v) is 1.66. The fourth-order valence-electron chi connectivity index (χ4n) is 1.66. The zero-order chi connectivity index (χ0) is 12.0. The van der Waals surface area contributed by atoms with Gasteiger partial charge in [0.15, 0.2) is 0 Å². The van der Waals surface area contributed by atoms with Crippen molar-refractivity contribution in [3.05, 3.63) is 24.0 Å². The van der Waals surface area contributed by atoms with E-state index in [2.05, 4.69) is 24.1 Å². The molecule has 0 saturated carbocycles. The van der Waals surface area contributed by atoms with Gasteiger partial charge in [0.2, 0.25) is 5.91 Å². The van der Waals surface area contributed by atoms with E-state index in [4.69, 9.17) is 0 Å². The molecule has 0 aliphatic rings. The lowest BCUT2D eigenvalue weighted by Crippen LogP contribution is -2.16. The summed E-state index contributed by atoms with van der Waals surface area (Å²) in [7, 11) is 0. The number of hydrogen-bond donors (Lipinski definition) is 1. The molecule has 0 bridgehead atoms. The summed E-state index contributed by atoms with van der Waals surface area (Å²) in [6, 6.07) is 3.72. The number of amides is 1. The van der Waals surface area contributed by atoms with Crippen molar-refractivity contribution < 1.29 is 4.79 Å². The van der Waals surface area contributed by atoms with Crippen molar-refractivity contribution in [1.82, 2.24) is 4.98 Å². The van der Waals surface area contributed by atoms with Gasteiger partial charge in [-0.05, 0) is 25.0 Å². The SMILES string of the molecule is CCC(CC)CC(=O)Nc1cccnc1C. The lowest BCUT2D eigenvalue weighted by Gasteiger charge is -2.12. The van der Waals surface area contributed by atoms with Crippen LogP contribution >= 0.6 is 0 Å². The number of rotatable bonds is 5. The van der Waals surface area contributed by atoms with Gasteiger partial charge in [-0.3, -0.25) is 9.78 Å². The van der Waals surface area contributed by atoms with Gasteiger partial charge in [-0.2, -0.15) is 0 Å². The van der Waals surface area contributed by atoms with E-state index in [0.29, 0.717) is 12.3 Å². The van der Waals surface area contributed by atoms with Crippen molar-refractivity contribution in [2.75, 3.05) is 5.32 Å². The quantitative estimate of drug-likeness (QED) is 0.828. The molecule has 0 aromatic carbocycles. The van der Waals surface area contributed by atoms with Gasteiger partial charge in [-0.25, -0.2) is 0 Å². The molecule has 0 aliphatic heterocycles. The molecule has 88 valence electrons. The van der Waals surface area contributed by atoms with Crippen LogP contribution in [0.3, 0.4) is 0 Å². The van der Waals surface area contributed by atoms with Crippen molar-refractivity contribution in [2.45, 2.75) is 40.0 Å². The Morgan fingerprint density at radius 1 is 1.44 bits per heavy atom. The second-order valence-electron chi connectivity index (χ2n) is 4.07. The summed E-state index contributed by atoms with van der Waals surface area (Å²) in [6.07, 6.45) is 4.43. The number of nitrogens with zero attached hydrogens (tertiary/aromatic N) is 1. The Balaban J connectivity index is 2.55.